The first kappa shape index (κ1) is 15.5. The first-order valence-corrected chi connectivity index (χ1v) is 7.37. The van der Waals surface area contributed by atoms with Crippen LogP contribution < -0.4 is 10.6 Å². The van der Waals surface area contributed by atoms with E-state index in [1.165, 1.54) is 0 Å². The summed E-state index contributed by atoms with van der Waals surface area (Å²) >= 11 is 0. The number of para-hydroxylation sites is 1. The quantitative estimate of drug-likeness (QED) is 0.749. The summed E-state index contributed by atoms with van der Waals surface area (Å²) in [5, 5.41) is 15.0. The molecule has 2 rings (SSSR count). The van der Waals surface area contributed by atoms with Crippen molar-refractivity contribution in [2.24, 2.45) is 11.8 Å². The van der Waals surface area contributed by atoms with Crippen molar-refractivity contribution in [2.75, 3.05) is 18.4 Å². The van der Waals surface area contributed by atoms with E-state index in [0.717, 1.165) is 30.5 Å². The fourth-order valence-electron chi connectivity index (χ4n) is 2.88. The molecule has 0 bridgehead atoms. The largest absolute Gasteiger partial charge is 0.481 e. The molecule has 0 saturated heterocycles. The van der Waals surface area contributed by atoms with Crippen molar-refractivity contribution in [3.05, 3.63) is 29.8 Å². The van der Waals surface area contributed by atoms with E-state index in [1.807, 2.05) is 31.2 Å². The number of carboxylic acid groups (broad SMARTS) is 1. The molecule has 21 heavy (non-hydrogen) atoms. The van der Waals surface area contributed by atoms with Gasteiger partial charge in [-0.15, -0.1) is 0 Å². The molecular formula is C16H22N2O3. The van der Waals surface area contributed by atoms with E-state index in [2.05, 4.69) is 10.6 Å². The van der Waals surface area contributed by atoms with Gasteiger partial charge in [0.2, 0.25) is 5.91 Å². The van der Waals surface area contributed by atoms with Crippen LogP contribution in [0.1, 0.15) is 24.8 Å². The Morgan fingerprint density at radius 2 is 2.05 bits per heavy atom. The van der Waals surface area contributed by atoms with E-state index >= 15 is 0 Å². The topological polar surface area (TPSA) is 78.4 Å². The number of amides is 1. The van der Waals surface area contributed by atoms with Crippen molar-refractivity contribution >= 4 is 17.6 Å². The summed E-state index contributed by atoms with van der Waals surface area (Å²) in [5.41, 5.74) is 1.83. The molecule has 5 nitrogen and oxygen atoms in total. The summed E-state index contributed by atoms with van der Waals surface area (Å²) in [5.74, 6) is -0.955. The van der Waals surface area contributed by atoms with Crippen LogP contribution in [0.4, 0.5) is 5.69 Å². The Morgan fingerprint density at radius 1 is 1.29 bits per heavy atom. The van der Waals surface area contributed by atoms with E-state index in [4.69, 9.17) is 5.11 Å². The second-order valence-corrected chi connectivity index (χ2v) is 5.63. The van der Waals surface area contributed by atoms with Crippen LogP contribution in [-0.4, -0.2) is 30.1 Å². The van der Waals surface area contributed by atoms with Crippen LogP contribution in [0.5, 0.6) is 0 Å². The molecule has 3 N–H and O–H groups in total. The van der Waals surface area contributed by atoms with Gasteiger partial charge in [0.25, 0.3) is 0 Å². The number of anilines is 1. The third kappa shape index (κ3) is 4.29. The molecule has 1 aromatic rings. The number of carbonyl (C=O) groups excluding carboxylic acids is 1. The number of carboxylic acids is 1. The molecule has 114 valence electrons. The van der Waals surface area contributed by atoms with Crippen LogP contribution in [0.25, 0.3) is 0 Å². The standard InChI is InChI=1S/C16H22N2O3/c1-11-5-2-3-8-14(11)18-15(19)10-17-9-12-6-4-7-13(12)16(20)21/h2-3,5,8,12-13,17H,4,6-7,9-10H2,1H3,(H,18,19)(H,20,21). The molecule has 0 radical (unpaired) electrons. The Morgan fingerprint density at radius 3 is 2.76 bits per heavy atom. The first-order valence-electron chi connectivity index (χ1n) is 7.37. The number of carbonyl (C=O) groups is 2. The van der Waals surface area contributed by atoms with Crippen molar-refractivity contribution < 1.29 is 14.7 Å². The zero-order valence-corrected chi connectivity index (χ0v) is 12.3. The van der Waals surface area contributed by atoms with Gasteiger partial charge in [0.15, 0.2) is 0 Å². The van der Waals surface area contributed by atoms with Gasteiger partial charge in [-0.1, -0.05) is 24.6 Å². The molecule has 2 atom stereocenters. The number of nitrogens with one attached hydrogen (secondary N) is 2. The van der Waals surface area contributed by atoms with Gasteiger partial charge in [0.1, 0.15) is 0 Å². The lowest BCUT2D eigenvalue weighted by atomic mass is 9.96. The summed E-state index contributed by atoms with van der Waals surface area (Å²) in [4.78, 5) is 22.9. The summed E-state index contributed by atoms with van der Waals surface area (Å²) in [6, 6.07) is 7.62. The fraction of sp³-hybridized carbons (Fsp3) is 0.500. The maximum atomic E-state index is 11.9. The number of aryl methyl sites for hydroxylation is 1. The zero-order chi connectivity index (χ0) is 15.2. The van der Waals surface area contributed by atoms with Crippen molar-refractivity contribution in [2.45, 2.75) is 26.2 Å². The third-order valence-corrected chi connectivity index (χ3v) is 4.09. The maximum Gasteiger partial charge on any atom is 0.306 e. The molecule has 2 unspecified atom stereocenters. The normalized spacial score (nSPS) is 21.2. The Hall–Kier alpha value is -1.88. The van der Waals surface area contributed by atoms with Crippen LogP contribution >= 0.6 is 0 Å². The van der Waals surface area contributed by atoms with Crippen molar-refractivity contribution in [3.63, 3.8) is 0 Å². The van der Waals surface area contributed by atoms with E-state index in [9.17, 15) is 9.59 Å². The van der Waals surface area contributed by atoms with Gasteiger partial charge >= 0.3 is 5.97 Å². The lowest BCUT2D eigenvalue weighted by molar-refractivity contribution is -0.142. The molecule has 0 heterocycles. The summed E-state index contributed by atoms with van der Waals surface area (Å²) in [6.45, 7) is 2.73. The number of hydrogen-bond acceptors (Lipinski definition) is 3. The van der Waals surface area contributed by atoms with E-state index in [0.29, 0.717) is 6.54 Å². The summed E-state index contributed by atoms with van der Waals surface area (Å²) in [7, 11) is 0. The summed E-state index contributed by atoms with van der Waals surface area (Å²) in [6.07, 6.45) is 2.62. The minimum atomic E-state index is -0.719. The van der Waals surface area contributed by atoms with Gasteiger partial charge in [-0.05, 0) is 43.9 Å². The zero-order valence-electron chi connectivity index (χ0n) is 12.3. The van der Waals surface area contributed by atoms with E-state index in [-0.39, 0.29) is 24.3 Å². The molecule has 1 aliphatic carbocycles. The third-order valence-electron chi connectivity index (χ3n) is 4.09. The second-order valence-electron chi connectivity index (χ2n) is 5.63. The highest BCUT2D eigenvalue weighted by Gasteiger charge is 2.32. The average molecular weight is 290 g/mol. The SMILES string of the molecule is Cc1ccccc1NC(=O)CNCC1CCCC1C(=O)O. The lowest BCUT2D eigenvalue weighted by Gasteiger charge is -2.16. The fourth-order valence-corrected chi connectivity index (χ4v) is 2.88. The molecule has 0 aromatic heterocycles. The van der Waals surface area contributed by atoms with Crippen molar-refractivity contribution in [1.29, 1.82) is 0 Å². The van der Waals surface area contributed by atoms with Crippen LogP contribution in [0, 0.1) is 18.8 Å². The molecule has 1 amide bonds. The maximum absolute atomic E-state index is 11.9. The van der Waals surface area contributed by atoms with Gasteiger partial charge in [-0.3, -0.25) is 9.59 Å². The minimum Gasteiger partial charge on any atom is -0.481 e. The molecule has 1 aliphatic rings. The van der Waals surface area contributed by atoms with Gasteiger partial charge < -0.3 is 15.7 Å². The first-order chi connectivity index (χ1) is 10.1. The molecule has 1 saturated carbocycles. The number of aliphatic carboxylic acids is 1. The molecule has 5 heteroatoms. The van der Waals surface area contributed by atoms with Crippen LogP contribution in [0.2, 0.25) is 0 Å². The average Bonchev–Trinajstić information content (AvgIpc) is 2.90. The van der Waals surface area contributed by atoms with E-state index in [1.54, 1.807) is 0 Å². The van der Waals surface area contributed by atoms with Crippen LogP contribution in [-0.2, 0) is 9.59 Å². The predicted molar refractivity (Wildman–Crippen MR) is 81.1 cm³/mol. The number of rotatable bonds is 6. The minimum absolute atomic E-state index is 0.103. The lowest BCUT2D eigenvalue weighted by Crippen LogP contribution is -2.34. The number of hydrogen-bond donors (Lipinski definition) is 3. The molecule has 0 aliphatic heterocycles. The van der Waals surface area contributed by atoms with Gasteiger partial charge in [-0.2, -0.15) is 0 Å². The summed E-state index contributed by atoms with van der Waals surface area (Å²) < 4.78 is 0. The molecule has 1 fully saturated rings. The van der Waals surface area contributed by atoms with Crippen LogP contribution in [0.15, 0.2) is 24.3 Å². The van der Waals surface area contributed by atoms with Gasteiger partial charge in [0.05, 0.1) is 12.5 Å². The van der Waals surface area contributed by atoms with Crippen LogP contribution in [0.3, 0.4) is 0 Å². The second kappa shape index (κ2) is 7.22. The predicted octanol–water partition coefficient (Wildman–Crippen LogP) is 2.02. The molecule has 1 aromatic carbocycles. The Bertz CT molecular complexity index is 516. The van der Waals surface area contributed by atoms with Crippen molar-refractivity contribution in [3.8, 4) is 0 Å². The Labute approximate surface area is 124 Å². The smallest absolute Gasteiger partial charge is 0.306 e. The van der Waals surface area contributed by atoms with E-state index < -0.39 is 5.97 Å². The van der Waals surface area contributed by atoms with Gasteiger partial charge in [0, 0.05) is 5.69 Å². The van der Waals surface area contributed by atoms with Gasteiger partial charge in [-0.25, -0.2) is 0 Å². The monoisotopic (exact) mass is 290 g/mol. The number of benzene rings is 1. The highest BCUT2D eigenvalue weighted by molar-refractivity contribution is 5.92. The molecule has 0 spiro atoms. The van der Waals surface area contributed by atoms with Crippen molar-refractivity contribution in [1.82, 2.24) is 5.32 Å². The molecular weight excluding hydrogens is 268 g/mol. The highest BCUT2D eigenvalue weighted by Crippen LogP contribution is 2.31. The Kier molecular flexibility index (Phi) is 5.33. The Balaban J connectivity index is 1.75. The highest BCUT2D eigenvalue weighted by atomic mass is 16.4.